The smallest absolute Gasteiger partial charge is 0.315 e. The standard InChI is InChI=1S/C16H26N2O2S/c1-11(2)9-13(14-5-4-8-21-14)17-15(20)18-16(3,10-19)12-6-7-12/h4-5,8,11-13,19H,6-7,9-10H2,1-3H3,(H2,17,18,20). The lowest BCUT2D eigenvalue weighted by Crippen LogP contribution is -2.54. The van der Waals surface area contributed by atoms with Crippen LogP contribution in [0.1, 0.15) is 51.0 Å². The van der Waals surface area contributed by atoms with Crippen LogP contribution in [0, 0.1) is 11.8 Å². The SMILES string of the molecule is CC(C)CC(NC(=O)NC(C)(CO)C1CC1)c1cccs1. The minimum absolute atomic E-state index is 0.0149. The summed E-state index contributed by atoms with van der Waals surface area (Å²) in [7, 11) is 0. The number of thiophene rings is 1. The van der Waals surface area contributed by atoms with E-state index < -0.39 is 5.54 Å². The molecular weight excluding hydrogens is 284 g/mol. The van der Waals surface area contributed by atoms with Crippen molar-refractivity contribution in [2.45, 2.75) is 51.6 Å². The third-order valence-corrected chi connectivity index (χ3v) is 5.09. The van der Waals surface area contributed by atoms with Crippen molar-refractivity contribution in [1.29, 1.82) is 0 Å². The Hall–Kier alpha value is -1.07. The lowest BCUT2D eigenvalue weighted by Gasteiger charge is -2.30. The van der Waals surface area contributed by atoms with Crippen molar-refractivity contribution in [1.82, 2.24) is 10.6 Å². The second-order valence-corrected chi connectivity index (χ2v) is 7.63. The molecule has 1 heterocycles. The first-order valence-electron chi connectivity index (χ1n) is 7.67. The van der Waals surface area contributed by atoms with E-state index in [0.717, 1.165) is 19.3 Å². The van der Waals surface area contributed by atoms with Crippen LogP contribution in [0.3, 0.4) is 0 Å². The number of hydrogen-bond donors (Lipinski definition) is 3. The van der Waals surface area contributed by atoms with E-state index in [1.165, 1.54) is 4.88 Å². The molecule has 2 rings (SSSR count). The van der Waals surface area contributed by atoms with E-state index in [1.54, 1.807) is 11.3 Å². The fraction of sp³-hybridized carbons (Fsp3) is 0.688. The number of aliphatic hydroxyl groups excluding tert-OH is 1. The minimum Gasteiger partial charge on any atom is -0.394 e. The van der Waals surface area contributed by atoms with Gasteiger partial charge in [0.25, 0.3) is 0 Å². The summed E-state index contributed by atoms with van der Waals surface area (Å²) in [4.78, 5) is 13.5. The Balaban J connectivity index is 1.97. The van der Waals surface area contributed by atoms with Gasteiger partial charge in [0.1, 0.15) is 0 Å². The molecule has 2 atom stereocenters. The summed E-state index contributed by atoms with van der Waals surface area (Å²) < 4.78 is 0. The zero-order valence-corrected chi connectivity index (χ0v) is 13.9. The highest BCUT2D eigenvalue weighted by atomic mass is 32.1. The Kier molecular flexibility index (Phi) is 5.27. The molecule has 4 nitrogen and oxygen atoms in total. The van der Waals surface area contributed by atoms with E-state index in [2.05, 4.69) is 30.5 Å². The van der Waals surface area contributed by atoms with Crippen molar-refractivity contribution < 1.29 is 9.90 Å². The number of rotatable bonds is 7. The molecule has 0 radical (unpaired) electrons. The van der Waals surface area contributed by atoms with Gasteiger partial charge in [-0.05, 0) is 49.5 Å². The van der Waals surface area contributed by atoms with Crippen molar-refractivity contribution in [2.75, 3.05) is 6.61 Å². The normalized spacial score (nSPS) is 19.1. The average Bonchev–Trinajstić information content (AvgIpc) is 3.13. The van der Waals surface area contributed by atoms with E-state index in [1.807, 2.05) is 18.4 Å². The molecular formula is C16H26N2O2S. The third kappa shape index (κ3) is 4.45. The van der Waals surface area contributed by atoms with Crippen molar-refractivity contribution in [3.63, 3.8) is 0 Å². The fourth-order valence-corrected chi connectivity index (χ4v) is 3.44. The molecule has 0 spiro atoms. The molecule has 1 fully saturated rings. The van der Waals surface area contributed by atoms with Crippen LogP contribution in [0.2, 0.25) is 0 Å². The summed E-state index contributed by atoms with van der Waals surface area (Å²) in [6.07, 6.45) is 3.07. The predicted octanol–water partition coefficient (Wildman–Crippen LogP) is 3.30. The molecule has 1 saturated carbocycles. The zero-order valence-electron chi connectivity index (χ0n) is 13.1. The van der Waals surface area contributed by atoms with Crippen LogP contribution in [0.25, 0.3) is 0 Å². The van der Waals surface area contributed by atoms with Crippen molar-refractivity contribution >= 4 is 17.4 Å². The number of urea groups is 1. The van der Waals surface area contributed by atoms with Crippen LogP contribution in [-0.4, -0.2) is 23.3 Å². The number of nitrogens with one attached hydrogen (secondary N) is 2. The van der Waals surface area contributed by atoms with Gasteiger partial charge >= 0.3 is 6.03 Å². The molecule has 5 heteroatoms. The molecule has 1 aliphatic carbocycles. The van der Waals surface area contributed by atoms with E-state index in [9.17, 15) is 9.90 Å². The van der Waals surface area contributed by atoms with Gasteiger partial charge in [-0.1, -0.05) is 19.9 Å². The molecule has 2 unspecified atom stereocenters. The quantitative estimate of drug-likeness (QED) is 0.723. The monoisotopic (exact) mass is 310 g/mol. The Labute approximate surface area is 131 Å². The molecule has 0 saturated heterocycles. The molecule has 2 amide bonds. The molecule has 1 aromatic rings. The number of hydrogen-bond acceptors (Lipinski definition) is 3. The number of aliphatic hydroxyl groups is 1. The third-order valence-electron chi connectivity index (χ3n) is 4.11. The topological polar surface area (TPSA) is 61.4 Å². The number of carbonyl (C=O) groups is 1. The van der Waals surface area contributed by atoms with Gasteiger partial charge in [0.15, 0.2) is 0 Å². The van der Waals surface area contributed by atoms with Crippen LogP contribution >= 0.6 is 11.3 Å². The molecule has 1 aromatic heterocycles. The van der Waals surface area contributed by atoms with Crippen molar-refractivity contribution in [3.05, 3.63) is 22.4 Å². The highest BCUT2D eigenvalue weighted by Gasteiger charge is 2.42. The van der Waals surface area contributed by atoms with Crippen LogP contribution in [0.4, 0.5) is 4.79 Å². The minimum atomic E-state index is -0.498. The van der Waals surface area contributed by atoms with Gasteiger partial charge in [0.05, 0.1) is 18.2 Å². The van der Waals surface area contributed by atoms with Crippen LogP contribution < -0.4 is 10.6 Å². The summed E-state index contributed by atoms with van der Waals surface area (Å²) in [6, 6.07) is 3.92. The van der Waals surface area contributed by atoms with Gasteiger partial charge < -0.3 is 15.7 Å². The lowest BCUT2D eigenvalue weighted by molar-refractivity contribution is 0.153. The van der Waals surface area contributed by atoms with Gasteiger partial charge in [-0.3, -0.25) is 0 Å². The molecule has 0 aromatic carbocycles. The van der Waals surface area contributed by atoms with E-state index >= 15 is 0 Å². The van der Waals surface area contributed by atoms with E-state index in [0.29, 0.717) is 11.8 Å². The average molecular weight is 310 g/mol. The Morgan fingerprint density at radius 1 is 1.52 bits per heavy atom. The maximum atomic E-state index is 12.3. The lowest BCUT2D eigenvalue weighted by atomic mass is 9.97. The van der Waals surface area contributed by atoms with Gasteiger partial charge in [0, 0.05) is 4.88 Å². The zero-order chi connectivity index (χ0) is 15.5. The maximum absolute atomic E-state index is 12.3. The first-order chi connectivity index (χ1) is 9.94. The highest BCUT2D eigenvalue weighted by molar-refractivity contribution is 7.10. The van der Waals surface area contributed by atoms with Crippen LogP contribution in [0.5, 0.6) is 0 Å². The molecule has 3 N–H and O–H groups in total. The second-order valence-electron chi connectivity index (χ2n) is 6.65. The first kappa shape index (κ1) is 16.3. The van der Waals surface area contributed by atoms with Crippen molar-refractivity contribution in [3.8, 4) is 0 Å². The molecule has 1 aliphatic rings. The first-order valence-corrected chi connectivity index (χ1v) is 8.55. The summed E-state index contributed by atoms with van der Waals surface area (Å²) in [5.74, 6) is 0.906. The van der Waals surface area contributed by atoms with Crippen LogP contribution in [0.15, 0.2) is 17.5 Å². The summed E-state index contributed by atoms with van der Waals surface area (Å²) in [6.45, 7) is 6.22. The summed E-state index contributed by atoms with van der Waals surface area (Å²) in [5.41, 5.74) is -0.498. The van der Waals surface area contributed by atoms with Gasteiger partial charge in [0.2, 0.25) is 0 Å². The van der Waals surface area contributed by atoms with Gasteiger partial charge in [-0.15, -0.1) is 11.3 Å². The summed E-state index contributed by atoms with van der Waals surface area (Å²) in [5, 5.41) is 17.6. The largest absolute Gasteiger partial charge is 0.394 e. The summed E-state index contributed by atoms with van der Waals surface area (Å²) >= 11 is 1.67. The predicted molar refractivity (Wildman–Crippen MR) is 86.4 cm³/mol. The van der Waals surface area contributed by atoms with E-state index in [-0.39, 0.29) is 18.7 Å². The molecule has 0 bridgehead atoms. The number of amides is 2. The second kappa shape index (κ2) is 6.79. The maximum Gasteiger partial charge on any atom is 0.315 e. The fourth-order valence-electron chi connectivity index (χ4n) is 2.65. The van der Waals surface area contributed by atoms with Crippen LogP contribution in [-0.2, 0) is 0 Å². The Morgan fingerprint density at radius 2 is 2.24 bits per heavy atom. The number of carbonyl (C=O) groups excluding carboxylic acids is 1. The Bertz CT molecular complexity index is 457. The van der Waals surface area contributed by atoms with E-state index in [4.69, 9.17) is 0 Å². The molecule has 0 aliphatic heterocycles. The molecule has 118 valence electrons. The Morgan fingerprint density at radius 3 is 2.71 bits per heavy atom. The molecule has 21 heavy (non-hydrogen) atoms. The highest BCUT2D eigenvalue weighted by Crippen LogP contribution is 2.39. The van der Waals surface area contributed by atoms with Gasteiger partial charge in [-0.2, -0.15) is 0 Å². The van der Waals surface area contributed by atoms with Crippen molar-refractivity contribution in [2.24, 2.45) is 11.8 Å². The van der Waals surface area contributed by atoms with Gasteiger partial charge in [-0.25, -0.2) is 4.79 Å².